The van der Waals surface area contributed by atoms with Gasteiger partial charge in [-0.3, -0.25) is 9.20 Å². The van der Waals surface area contributed by atoms with Gasteiger partial charge >= 0.3 is 5.97 Å². The van der Waals surface area contributed by atoms with E-state index in [0.717, 1.165) is 28.2 Å². The highest BCUT2D eigenvalue weighted by atomic mass is 32.2. The lowest BCUT2D eigenvalue weighted by Gasteiger charge is -2.09. The smallest absolute Gasteiger partial charge is 0.341 e. The Balaban J connectivity index is 1.54. The molecule has 4 aromatic rings. The predicted octanol–water partition coefficient (Wildman–Crippen LogP) is 4.69. The summed E-state index contributed by atoms with van der Waals surface area (Å²) in [7, 11) is 0. The molecule has 4 rings (SSSR count). The Bertz CT molecular complexity index is 1330. The van der Waals surface area contributed by atoms with Crippen molar-refractivity contribution >= 4 is 45.6 Å². The molecule has 0 bridgehead atoms. The largest absolute Gasteiger partial charge is 0.462 e. The Labute approximate surface area is 199 Å². The number of aryl methyl sites for hydroxylation is 3. The van der Waals surface area contributed by atoms with Crippen molar-refractivity contribution in [3.05, 3.63) is 58.4 Å². The van der Waals surface area contributed by atoms with E-state index in [1.165, 1.54) is 23.1 Å². The van der Waals surface area contributed by atoms with Crippen molar-refractivity contribution < 1.29 is 14.3 Å². The third-order valence-corrected chi connectivity index (χ3v) is 6.70. The zero-order valence-corrected chi connectivity index (χ0v) is 20.3. The van der Waals surface area contributed by atoms with E-state index in [2.05, 4.69) is 20.5 Å². The molecule has 8 nitrogen and oxygen atoms in total. The topological polar surface area (TPSA) is 98.5 Å². The fraction of sp³-hybridized carbons (Fsp3) is 0.261. The maximum absolute atomic E-state index is 12.8. The molecule has 0 saturated carbocycles. The first-order valence-electron chi connectivity index (χ1n) is 10.3. The molecule has 0 aliphatic heterocycles. The molecular formula is C23H23N5O3S2. The van der Waals surface area contributed by atoms with Crippen molar-refractivity contribution in [2.24, 2.45) is 0 Å². The van der Waals surface area contributed by atoms with Gasteiger partial charge < -0.3 is 10.1 Å². The average molecular weight is 482 g/mol. The van der Waals surface area contributed by atoms with Crippen LogP contribution in [0.25, 0.3) is 16.8 Å². The number of anilines is 1. The average Bonchev–Trinajstić information content (AvgIpc) is 3.37. The van der Waals surface area contributed by atoms with E-state index in [0.29, 0.717) is 21.4 Å². The van der Waals surface area contributed by atoms with Crippen molar-refractivity contribution in [2.45, 2.75) is 32.9 Å². The van der Waals surface area contributed by atoms with Crippen LogP contribution < -0.4 is 5.32 Å². The van der Waals surface area contributed by atoms with E-state index < -0.39 is 5.97 Å². The number of carbonyl (C=O) groups excluding carboxylic acids is 2. The minimum atomic E-state index is -0.460. The standard InChI is InChI=1S/C23H23N5O3S2/c1-5-31-22(30)20-17(16-8-6-13(2)7-9-16)11-32-21(20)25-19(29)12-33-23-27-26-18-10-14(3)24-15(4)28(18)23/h6-11H,5,12H2,1-4H3,(H,25,29). The third kappa shape index (κ3) is 4.91. The monoisotopic (exact) mass is 481 g/mol. The first-order chi connectivity index (χ1) is 15.9. The summed E-state index contributed by atoms with van der Waals surface area (Å²) in [4.78, 5) is 29.9. The summed E-state index contributed by atoms with van der Waals surface area (Å²) >= 11 is 2.56. The quantitative estimate of drug-likeness (QED) is 0.302. The predicted molar refractivity (Wildman–Crippen MR) is 130 cm³/mol. The van der Waals surface area contributed by atoms with Crippen LogP contribution in [0.2, 0.25) is 0 Å². The molecule has 0 aliphatic carbocycles. The lowest BCUT2D eigenvalue weighted by atomic mass is 10.0. The fourth-order valence-electron chi connectivity index (χ4n) is 3.39. The minimum absolute atomic E-state index is 0.105. The number of amides is 1. The van der Waals surface area contributed by atoms with Crippen LogP contribution in [0, 0.1) is 20.8 Å². The van der Waals surface area contributed by atoms with Gasteiger partial charge in [-0.1, -0.05) is 41.6 Å². The van der Waals surface area contributed by atoms with Crippen LogP contribution in [0.5, 0.6) is 0 Å². The molecule has 10 heteroatoms. The SMILES string of the molecule is CCOC(=O)c1c(-c2ccc(C)cc2)csc1NC(=O)CSc1nnc2cc(C)nc(C)n12. The van der Waals surface area contributed by atoms with Crippen LogP contribution >= 0.6 is 23.1 Å². The van der Waals surface area contributed by atoms with Crippen molar-refractivity contribution in [3.63, 3.8) is 0 Å². The van der Waals surface area contributed by atoms with Crippen molar-refractivity contribution in [2.75, 3.05) is 17.7 Å². The number of nitrogens with zero attached hydrogens (tertiary/aromatic N) is 4. The Morgan fingerprint density at radius 2 is 1.91 bits per heavy atom. The van der Waals surface area contributed by atoms with Gasteiger partial charge in [0.05, 0.1) is 12.4 Å². The summed E-state index contributed by atoms with van der Waals surface area (Å²) in [5.41, 5.74) is 4.67. The molecular weight excluding hydrogens is 458 g/mol. The maximum Gasteiger partial charge on any atom is 0.341 e. The summed E-state index contributed by atoms with van der Waals surface area (Å²) in [6.07, 6.45) is 0. The number of thioether (sulfide) groups is 1. The maximum atomic E-state index is 12.8. The first kappa shape index (κ1) is 22.9. The molecule has 1 N–H and O–H groups in total. The summed E-state index contributed by atoms with van der Waals surface area (Å²) in [6.45, 7) is 7.78. The number of carbonyl (C=O) groups is 2. The van der Waals surface area contributed by atoms with Gasteiger partial charge in [-0.25, -0.2) is 9.78 Å². The van der Waals surface area contributed by atoms with Gasteiger partial charge in [0.25, 0.3) is 0 Å². The number of esters is 1. The molecule has 33 heavy (non-hydrogen) atoms. The lowest BCUT2D eigenvalue weighted by Crippen LogP contribution is -2.16. The highest BCUT2D eigenvalue weighted by Crippen LogP contribution is 2.36. The van der Waals surface area contributed by atoms with Crippen molar-refractivity contribution in [1.82, 2.24) is 19.6 Å². The molecule has 0 saturated heterocycles. The molecule has 170 valence electrons. The molecule has 0 radical (unpaired) electrons. The molecule has 3 aromatic heterocycles. The van der Waals surface area contributed by atoms with Gasteiger partial charge in [0, 0.05) is 22.7 Å². The fourth-order valence-corrected chi connectivity index (χ4v) is 5.15. The number of aromatic nitrogens is 4. The number of fused-ring (bicyclic) bond motifs is 1. The van der Waals surface area contributed by atoms with Crippen LogP contribution in [-0.4, -0.2) is 43.8 Å². The Morgan fingerprint density at radius 1 is 1.15 bits per heavy atom. The number of hydrogen-bond donors (Lipinski definition) is 1. The zero-order chi connectivity index (χ0) is 23.5. The molecule has 1 aromatic carbocycles. The highest BCUT2D eigenvalue weighted by Gasteiger charge is 2.23. The molecule has 3 heterocycles. The molecule has 0 spiro atoms. The lowest BCUT2D eigenvalue weighted by molar-refractivity contribution is -0.113. The summed E-state index contributed by atoms with van der Waals surface area (Å²) < 4.78 is 7.08. The second kappa shape index (κ2) is 9.72. The molecule has 0 atom stereocenters. The van der Waals surface area contributed by atoms with Crippen LogP contribution in [-0.2, 0) is 9.53 Å². The molecule has 0 aliphatic rings. The van der Waals surface area contributed by atoms with Crippen molar-refractivity contribution in [1.29, 1.82) is 0 Å². The zero-order valence-electron chi connectivity index (χ0n) is 18.7. The van der Waals surface area contributed by atoms with E-state index in [1.54, 1.807) is 6.92 Å². The molecule has 0 unspecified atom stereocenters. The number of nitrogens with one attached hydrogen (secondary N) is 1. The Hall–Kier alpha value is -3.24. The third-order valence-electron chi connectivity index (χ3n) is 4.88. The second-order valence-corrected chi connectivity index (χ2v) is 9.22. The van der Waals surface area contributed by atoms with E-state index in [1.807, 2.05) is 60.9 Å². The Kier molecular flexibility index (Phi) is 6.75. The second-order valence-electron chi connectivity index (χ2n) is 7.40. The van der Waals surface area contributed by atoms with E-state index in [-0.39, 0.29) is 18.3 Å². The molecule has 1 amide bonds. The van der Waals surface area contributed by atoms with E-state index >= 15 is 0 Å². The Morgan fingerprint density at radius 3 is 2.64 bits per heavy atom. The number of thiophene rings is 1. The van der Waals surface area contributed by atoms with Crippen LogP contribution in [0.15, 0.2) is 40.9 Å². The van der Waals surface area contributed by atoms with Gasteiger partial charge in [0.1, 0.15) is 16.4 Å². The van der Waals surface area contributed by atoms with Crippen LogP contribution in [0.3, 0.4) is 0 Å². The number of rotatable bonds is 7. The van der Waals surface area contributed by atoms with Gasteiger partial charge in [-0.15, -0.1) is 21.5 Å². The van der Waals surface area contributed by atoms with E-state index in [9.17, 15) is 9.59 Å². The van der Waals surface area contributed by atoms with Gasteiger partial charge in [-0.05, 0) is 33.3 Å². The van der Waals surface area contributed by atoms with Gasteiger partial charge in [0.2, 0.25) is 5.91 Å². The summed E-state index contributed by atoms with van der Waals surface area (Å²) in [5.74, 6) is 0.146. The van der Waals surface area contributed by atoms with Gasteiger partial charge in [-0.2, -0.15) is 0 Å². The van der Waals surface area contributed by atoms with E-state index in [4.69, 9.17) is 4.74 Å². The normalized spacial score (nSPS) is 11.0. The minimum Gasteiger partial charge on any atom is -0.462 e. The summed E-state index contributed by atoms with van der Waals surface area (Å²) in [6, 6.07) is 9.72. The number of benzene rings is 1. The van der Waals surface area contributed by atoms with Crippen molar-refractivity contribution in [3.8, 4) is 11.1 Å². The highest BCUT2D eigenvalue weighted by molar-refractivity contribution is 7.99. The number of ether oxygens (including phenoxy) is 1. The first-order valence-corrected chi connectivity index (χ1v) is 12.2. The van der Waals surface area contributed by atoms with Gasteiger partial charge in [0.15, 0.2) is 10.8 Å². The summed E-state index contributed by atoms with van der Waals surface area (Å²) in [5, 5.41) is 14.1. The van der Waals surface area contributed by atoms with Crippen LogP contribution in [0.1, 0.15) is 34.4 Å². The molecule has 0 fully saturated rings. The number of hydrogen-bond acceptors (Lipinski definition) is 8. The van der Waals surface area contributed by atoms with Crippen LogP contribution in [0.4, 0.5) is 5.00 Å².